The second-order valence-electron chi connectivity index (χ2n) is 5.08. The highest BCUT2D eigenvalue weighted by Crippen LogP contribution is 2.22. The summed E-state index contributed by atoms with van der Waals surface area (Å²) in [5.74, 6) is -0.587. The van der Waals surface area contributed by atoms with E-state index < -0.39 is 5.97 Å². The van der Waals surface area contributed by atoms with Gasteiger partial charge in [0.15, 0.2) is 0 Å². The summed E-state index contributed by atoms with van der Waals surface area (Å²) in [5, 5.41) is 9.55. The molecule has 5 nitrogen and oxygen atoms in total. The Morgan fingerprint density at radius 2 is 2.05 bits per heavy atom. The van der Waals surface area contributed by atoms with Crippen molar-refractivity contribution in [2.45, 2.75) is 13.3 Å². The van der Waals surface area contributed by atoms with Gasteiger partial charge in [0.1, 0.15) is 6.54 Å². The maximum absolute atomic E-state index is 12.5. The molecule has 1 aromatic carbocycles. The fourth-order valence-electron chi connectivity index (χ4n) is 2.31. The summed E-state index contributed by atoms with van der Waals surface area (Å²) in [4.78, 5) is 26.4. The number of nitrogens with zero attached hydrogens (tertiary/aromatic N) is 2. The quantitative estimate of drug-likeness (QED) is 0.933. The fourth-order valence-corrected chi connectivity index (χ4v) is 2.43. The highest BCUT2D eigenvalue weighted by Gasteiger charge is 2.29. The van der Waals surface area contributed by atoms with Gasteiger partial charge < -0.3 is 10.0 Å². The van der Waals surface area contributed by atoms with Crippen LogP contribution in [0.5, 0.6) is 0 Å². The van der Waals surface area contributed by atoms with Crippen LogP contribution in [0.1, 0.15) is 13.3 Å². The van der Waals surface area contributed by atoms with Gasteiger partial charge >= 0.3 is 12.0 Å². The van der Waals surface area contributed by atoms with Gasteiger partial charge in [-0.3, -0.25) is 9.69 Å². The van der Waals surface area contributed by atoms with Gasteiger partial charge in [0.25, 0.3) is 0 Å². The molecule has 1 saturated heterocycles. The fraction of sp³-hybridized carbons (Fsp3) is 0.429. The minimum absolute atomic E-state index is 0.265. The number of carboxylic acids is 1. The van der Waals surface area contributed by atoms with E-state index in [4.69, 9.17) is 16.7 Å². The van der Waals surface area contributed by atoms with Crippen LogP contribution in [0.2, 0.25) is 5.02 Å². The monoisotopic (exact) mass is 296 g/mol. The van der Waals surface area contributed by atoms with Gasteiger partial charge in [-0.05, 0) is 36.6 Å². The van der Waals surface area contributed by atoms with E-state index in [1.54, 1.807) is 29.2 Å². The summed E-state index contributed by atoms with van der Waals surface area (Å²) in [6, 6.07) is 6.34. The Morgan fingerprint density at radius 3 is 2.55 bits per heavy atom. The number of amides is 2. The predicted molar refractivity (Wildman–Crippen MR) is 77.2 cm³/mol. The van der Waals surface area contributed by atoms with Crippen molar-refractivity contribution in [2.75, 3.05) is 24.5 Å². The van der Waals surface area contributed by atoms with Crippen molar-refractivity contribution in [3.8, 4) is 0 Å². The Bertz CT molecular complexity index is 504. The van der Waals surface area contributed by atoms with Crippen LogP contribution in [0.15, 0.2) is 24.3 Å². The Kier molecular flexibility index (Phi) is 4.49. The van der Waals surface area contributed by atoms with Gasteiger partial charge in [0.05, 0.1) is 0 Å². The highest BCUT2D eigenvalue weighted by atomic mass is 35.5. The summed E-state index contributed by atoms with van der Waals surface area (Å²) < 4.78 is 0. The molecule has 0 saturated carbocycles. The molecule has 0 aromatic heterocycles. The number of rotatable bonds is 3. The Labute approximate surface area is 122 Å². The first kappa shape index (κ1) is 14.7. The number of hydrogen-bond acceptors (Lipinski definition) is 2. The van der Waals surface area contributed by atoms with E-state index in [0.717, 1.165) is 6.42 Å². The Balaban J connectivity index is 2.20. The van der Waals surface area contributed by atoms with Crippen LogP contribution in [0.3, 0.4) is 0 Å². The lowest BCUT2D eigenvalue weighted by Crippen LogP contribution is -2.44. The van der Waals surface area contributed by atoms with Crippen molar-refractivity contribution in [3.05, 3.63) is 29.3 Å². The topological polar surface area (TPSA) is 60.9 Å². The van der Waals surface area contributed by atoms with Crippen molar-refractivity contribution >= 4 is 29.3 Å². The van der Waals surface area contributed by atoms with Gasteiger partial charge in [-0.25, -0.2) is 4.79 Å². The first-order valence-corrected chi connectivity index (χ1v) is 6.89. The molecule has 0 spiro atoms. The van der Waals surface area contributed by atoms with E-state index in [1.807, 2.05) is 0 Å². The zero-order valence-corrected chi connectivity index (χ0v) is 12.0. The molecule has 2 amide bonds. The molecule has 2 rings (SSSR count). The summed E-state index contributed by atoms with van der Waals surface area (Å²) in [5.41, 5.74) is 0.543. The third-order valence-corrected chi connectivity index (χ3v) is 3.61. The second-order valence-corrected chi connectivity index (χ2v) is 5.52. The maximum atomic E-state index is 12.5. The maximum Gasteiger partial charge on any atom is 0.325 e. The van der Waals surface area contributed by atoms with E-state index in [1.165, 1.54) is 4.90 Å². The summed E-state index contributed by atoms with van der Waals surface area (Å²) >= 11 is 5.82. The molecular weight excluding hydrogens is 280 g/mol. The lowest BCUT2D eigenvalue weighted by atomic mass is 10.2. The van der Waals surface area contributed by atoms with Crippen LogP contribution in [0.4, 0.5) is 10.5 Å². The zero-order chi connectivity index (χ0) is 14.7. The van der Waals surface area contributed by atoms with Crippen LogP contribution in [-0.2, 0) is 4.79 Å². The van der Waals surface area contributed by atoms with Gasteiger partial charge in [-0.15, -0.1) is 0 Å². The average Bonchev–Trinajstić information content (AvgIpc) is 2.83. The summed E-state index contributed by atoms with van der Waals surface area (Å²) in [6.07, 6.45) is 0.952. The molecule has 1 aliphatic heterocycles. The predicted octanol–water partition coefficient (Wildman–Crippen LogP) is 2.69. The number of anilines is 1. The molecule has 1 fully saturated rings. The van der Waals surface area contributed by atoms with Crippen LogP contribution < -0.4 is 4.90 Å². The average molecular weight is 297 g/mol. The lowest BCUT2D eigenvalue weighted by molar-refractivity contribution is -0.135. The van der Waals surface area contributed by atoms with Crippen LogP contribution in [0, 0.1) is 5.92 Å². The molecule has 20 heavy (non-hydrogen) atoms. The van der Waals surface area contributed by atoms with Crippen molar-refractivity contribution in [3.63, 3.8) is 0 Å². The molecule has 6 heteroatoms. The van der Waals surface area contributed by atoms with E-state index in [9.17, 15) is 9.59 Å². The van der Waals surface area contributed by atoms with E-state index in [-0.39, 0.29) is 12.6 Å². The van der Waals surface area contributed by atoms with E-state index in [2.05, 4.69) is 6.92 Å². The normalized spacial score (nSPS) is 18.1. The number of benzene rings is 1. The molecule has 1 N–H and O–H groups in total. The van der Waals surface area contributed by atoms with Gasteiger partial charge in [0, 0.05) is 23.8 Å². The van der Waals surface area contributed by atoms with Gasteiger partial charge in [-0.1, -0.05) is 18.5 Å². The van der Waals surface area contributed by atoms with Crippen molar-refractivity contribution in [2.24, 2.45) is 5.92 Å². The number of carboxylic acid groups (broad SMARTS) is 1. The summed E-state index contributed by atoms with van der Waals surface area (Å²) in [6.45, 7) is 3.06. The van der Waals surface area contributed by atoms with Crippen LogP contribution >= 0.6 is 11.6 Å². The smallest absolute Gasteiger partial charge is 0.325 e. The van der Waals surface area contributed by atoms with Crippen LogP contribution in [0.25, 0.3) is 0 Å². The molecule has 1 aliphatic rings. The first-order valence-electron chi connectivity index (χ1n) is 6.51. The van der Waals surface area contributed by atoms with E-state index in [0.29, 0.717) is 29.7 Å². The van der Waals surface area contributed by atoms with E-state index >= 15 is 0 Å². The lowest BCUT2D eigenvalue weighted by Gasteiger charge is -2.27. The number of halogens is 1. The standard InChI is InChI=1S/C14H17ClN2O3/c1-10-6-7-16(8-10)14(20)17(9-13(18)19)12-4-2-11(15)3-5-12/h2-5,10H,6-9H2,1H3,(H,18,19). The number of likely N-dealkylation sites (tertiary alicyclic amines) is 1. The van der Waals surface area contributed by atoms with Crippen LogP contribution in [-0.4, -0.2) is 41.6 Å². The Morgan fingerprint density at radius 1 is 1.40 bits per heavy atom. The third kappa shape index (κ3) is 3.42. The molecular formula is C14H17ClN2O3. The van der Waals surface area contributed by atoms with Crippen molar-refractivity contribution < 1.29 is 14.7 Å². The highest BCUT2D eigenvalue weighted by molar-refractivity contribution is 6.30. The number of hydrogen-bond donors (Lipinski definition) is 1. The molecule has 1 atom stereocenters. The van der Waals surface area contributed by atoms with Gasteiger partial charge in [-0.2, -0.15) is 0 Å². The molecule has 1 unspecified atom stereocenters. The molecule has 0 radical (unpaired) electrons. The SMILES string of the molecule is CC1CCN(C(=O)N(CC(=O)O)c2ccc(Cl)cc2)C1. The Hall–Kier alpha value is -1.75. The molecule has 0 bridgehead atoms. The summed E-state index contributed by atoms with van der Waals surface area (Å²) in [7, 11) is 0. The number of urea groups is 1. The minimum atomic E-state index is -1.04. The number of aliphatic carboxylic acids is 1. The second kappa shape index (κ2) is 6.13. The number of carbonyl (C=O) groups excluding carboxylic acids is 1. The third-order valence-electron chi connectivity index (χ3n) is 3.36. The van der Waals surface area contributed by atoms with Crippen molar-refractivity contribution in [1.29, 1.82) is 0 Å². The largest absolute Gasteiger partial charge is 0.480 e. The minimum Gasteiger partial charge on any atom is -0.480 e. The molecule has 1 heterocycles. The van der Waals surface area contributed by atoms with Crippen molar-refractivity contribution in [1.82, 2.24) is 4.90 Å². The zero-order valence-electron chi connectivity index (χ0n) is 11.3. The first-order chi connectivity index (χ1) is 9.47. The molecule has 108 valence electrons. The molecule has 1 aromatic rings. The molecule has 0 aliphatic carbocycles. The van der Waals surface area contributed by atoms with Gasteiger partial charge in [0.2, 0.25) is 0 Å². The number of carbonyl (C=O) groups is 2.